The topological polar surface area (TPSA) is 63.7 Å². The molecule has 0 radical (unpaired) electrons. The lowest BCUT2D eigenvalue weighted by atomic mass is 10.1. The second-order valence-electron chi connectivity index (χ2n) is 8.23. The molecule has 0 N–H and O–H groups in total. The van der Waals surface area contributed by atoms with E-state index in [1.165, 1.54) is 24.3 Å². The van der Waals surface area contributed by atoms with Gasteiger partial charge in [0.2, 0.25) is 5.91 Å². The smallest absolute Gasteiger partial charge is 0.270 e. The third kappa shape index (κ3) is 5.93. The number of carbonyl (C=O) groups excluding carboxylic acids is 1. The molecular formula is C26H27Cl2NO4S. The number of aryl methyl sites for hydroxylation is 4. The van der Waals surface area contributed by atoms with Crippen LogP contribution in [0.5, 0.6) is 5.75 Å². The molecule has 3 aromatic rings. The molecule has 3 rings (SSSR count). The summed E-state index contributed by atoms with van der Waals surface area (Å²) < 4.78 is 33.7. The molecule has 0 atom stereocenters. The van der Waals surface area contributed by atoms with Crippen molar-refractivity contribution in [2.45, 2.75) is 45.4 Å². The molecule has 0 saturated carbocycles. The van der Waals surface area contributed by atoms with E-state index in [0.717, 1.165) is 21.0 Å². The number of hydrogen-bond acceptors (Lipinski definition) is 4. The predicted octanol–water partition coefficient (Wildman–Crippen LogP) is 6.81. The van der Waals surface area contributed by atoms with Gasteiger partial charge in [0, 0.05) is 16.5 Å². The Kier molecular flexibility index (Phi) is 8.29. The molecule has 5 nitrogen and oxygen atoms in total. The number of ether oxygens (including phenoxy) is 1. The third-order valence-electron chi connectivity index (χ3n) is 5.38. The van der Waals surface area contributed by atoms with Crippen molar-refractivity contribution in [3.05, 3.63) is 86.9 Å². The molecule has 0 aliphatic heterocycles. The van der Waals surface area contributed by atoms with E-state index >= 15 is 0 Å². The minimum atomic E-state index is -4.15. The molecule has 0 spiro atoms. The van der Waals surface area contributed by atoms with E-state index in [9.17, 15) is 13.2 Å². The summed E-state index contributed by atoms with van der Waals surface area (Å²) in [5, 5.41) is 1.10. The Morgan fingerprint density at radius 3 is 2.12 bits per heavy atom. The van der Waals surface area contributed by atoms with Gasteiger partial charge in [-0.25, -0.2) is 12.7 Å². The largest absolute Gasteiger partial charge is 0.494 e. The van der Waals surface area contributed by atoms with Crippen LogP contribution in [0.15, 0.2) is 59.5 Å². The van der Waals surface area contributed by atoms with Gasteiger partial charge in [-0.15, -0.1) is 0 Å². The Balaban J connectivity index is 1.83. The maximum absolute atomic E-state index is 13.5. The van der Waals surface area contributed by atoms with Crippen LogP contribution in [0.3, 0.4) is 0 Å². The molecule has 0 heterocycles. The minimum Gasteiger partial charge on any atom is -0.494 e. The fraction of sp³-hybridized carbons (Fsp3) is 0.269. The molecule has 0 aromatic heterocycles. The van der Waals surface area contributed by atoms with E-state index < -0.39 is 15.9 Å². The fourth-order valence-electron chi connectivity index (χ4n) is 3.55. The Bertz CT molecular complexity index is 1280. The van der Waals surface area contributed by atoms with Crippen LogP contribution in [0, 0.1) is 27.7 Å². The molecule has 180 valence electrons. The van der Waals surface area contributed by atoms with Crippen molar-refractivity contribution in [3.8, 4) is 5.75 Å². The van der Waals surface area contributed by atoms with Crippen molar-refractivity contribution >= 4 is 44.8 Å². The first-order valence-electron chi connectivity index (χ1n) is 10.8. The monoisotopic (exact) mass is 519 g/mol. The molecule has 0 bridgehead atoms. The van der Waals surface area contributed by atoms with Gasteiger partial charge >= 0.3 is 0 Å². The van der Waals surface area contributed by atoms with Gasteiger partial charge in [0.1, 0.15) is 5.75 Å². The average molecular weight is 520 g/mol. The Labute approximate surface area is 211 Å². The zero-order valence-corrected chi connectivity index (χ0v) is 21.9. The standard InChI is InChI=1S/C26H27Cl2NO4S/c1-17-7-8-18(2)24(14-17)29(34(31,32)23-11-9-21(27)10-12-23)25(30)6-5-13-33-22-15-19(3)26(28)20(4)16-22/h7-12,14-16H,5-6,13H2,1-4H3. The maximum Gasteiger partial charge on any atom is 0.270 e. The van der Waals surface area contributed by atoms with Crippen molar-refractivity contribution in [1.29, 1.82) is 0 Å². The second-order valence-corrected chi connectivity index (χ2v) is 10.8. The highest BCUT2D eigenvalue weighted by Gasteiger charge is 2.31. The number of nitrogens with zero attached hydrogens (tertiary/aromatic N) is 1. The van der Waals surface area contributed by atoms with Crippen LogP contribution >= 0.6 is 23.2 Å². The molecule has 3 aromatic carbocycles. The Morgan fingerprint density at radius 1 is 0.882 bits per heavy atom. The molecule has 0 aliphatic carbocycles. The molecule has 8 heteroatoms. The molecule has 0 fully saturated rings. The number of rotatable bonds is 8. The van der Waals surface area contributed by atoms with Crippen molar-refractivity contribution in [2.75, 3.05) is 10.9 Å². The number of sulfonamides is 1. The van der Waals surface area contributed by atoms with Gasteiger partial charge in [-0.05, 0) is 98.8 Å². The highest BCUT2D eigenvalue weighted by Crippen LogP contribution is 2.30. The zero-order chi connectivity index (χ0) is 25.0. The number of carbonyl (C=O) groups is 1. The van der Waals surface area contributed by atoms with E-state index in [-0.39, 0.29) is 17.9 Å². The second kappa shape index (κ2) is 10.8. The SMILES string of the molecule is Cc1ccc(C)c(N(C(=O)CCCOc2cc(C)c(Cl)c(C)c2)S(=O)(=O)c2ccc(Cl)cc2)c1. The maximum atomic E-state index is 13.5. The molecule has 0 saturated heterocycles. The lowest BCUT2D eigenvalue weighted by molar-refractivity contribution is -0.117. The van der Waals surface area contributed by atoms with Gasteiger partial charge in [-0.1, -0.05) is 35.3 Å². The van der Waals surface area contributed by atoms with E-state index in [1.807, 2.05) is 39.0 Å². The Morgan fingerprint density at radius 2 is 1.50 bits per heavy atom. The van der Waals surface area contributed by atoms with Gasteiger partial charge in [-0.2, -0.15) is 0 Å². The summed E-state index contributed by atoms with van der Waals surface area (Å²) in [5.74, 6) is 0.128. The summed E-state index contributed by atoms with van der Waals surface area (Å²) in [5.41, 5.74) is 3.68. The quantitative estimate of drug-likeness (QED) is 0.306. The van der Waals surface area contributed by atoms with Crippen LogP contribution in [0.2, 0.25) is 10.0 Å². The van der Waals surface area contributed by atoms with E-state index in [1.54, 1.807) is 19.1 Å². The molecule has 0 aliphatic rings. The lowest BCUT2D eigenvalue weighted by Crippen LogP contribution is -2.37. The number of halogens is 2. The normalized spacial score (nSPS) is 11.4. The van der Waals surface area contributed by atoms with Crippen molar-refractivity contribution < 1.29 is 17.9 Å². The van der Waals surface area contributed by atoms with Crippen LogP contribution in [-0.2, 0) is 14.8 Å². The summed E-state index contributed by atoms with van der Waals surface area (Å²) in [7, 11) is -4.15. The Hall–Kier alpha value is -2.54. The first-order chi connectivity index (χ1) is 16.0. The predicted molar refractivity (Wildman–Crippen MR) is 138 cm³/mol. The molecule has 1 amide bonds. The van der Waals surface area contributed by atoms with Gasteiger partial charge in [0.15, 0.2) is 0 Å². The van der Waals surface area contributed by atoms with Gasteiger partial charge < -0.3 is 4.74 Å². The van der Waals surface area contributed by atoms with Crippen LogP contribution in [0.25, 0.3) is 0 Å². The number of hydrogen-bond donors (Lipinski definition) is 0. The van der Waals surface area contributed by atoms with Gasteiger partial charge in [0.25, 0.3) is 10.0 Å². The van der Waals surface area contributed by atoms with Crippen LogP contribution in [-0.4, -0.2) is 20.9 Å². The summed E-state index contributed by atoms with van der Waals surface area (Å²) in [4.78, 5) is 13.3. The fourth-order valence-corrected chi connectivity index (χ4v) is 5.29. The summed E-state index contributed by atoms with van der Waals surface area (Å²) >= 11 is 12.1. The highest BCUT2D eigenvalue weighted by molar-refractivity contribution is 7.93. The average Bonchev–Trinajstić information content (AvgIpc) is 2.77. The van der Waals surface area contributed by atoms with E-state index in [4.69, 9.17) is 27.9 Å². The van der Waals surface area contributed by atoms with Crippen LogP contribution in [0.1, 0.15) is 35.1 Å². The first kappa shape index (κ1) is 26.1. The van der Waals surface area contributed by atoms with Gasteiger partial charge in [0.05, 0.1) is 17.2 Å². The lowest BCUT2D eigenvalue weighted by Gasteiger charge is -2.25. The zero-order valence-electron chi connectivity index (χ0n) is 19.6. The number of anilines is 1. The summed E-state index contributed by atoms with van der Waals surface area (Å²) in [6.07, 6.45) is 0.336. The first-order valence-corrected chi connectivity index (χ1v) is 13.0. The van der Waals surface area contributed by atoms with Crippen LogP contribution in [0.4, 0.5) is 5.69 Å². The number of amides is 1. The summed E-state index contributed by atoms with van der Waals surface area (Å²) in [6, 6.07) is 14.8. The number of benzene rings is 3. The van der Waals surface area contributed by atoms with E-state index in [2.05, 4.69) is 0 Å². The molecule has 34 heavy (non-hydrogen) atoms. The minimum absolute atomic E-state index is 0.00507. The van der Waals surface area contributed by atoms with Crippen LogP contribution < -0.4 is 9.04 Å². The third-order valence-corrected chi connectivity index (χ3v) is 7.97. The van der Waals surface area contributed by atoms with E-state index in [0.29, 0.717) is 33.5 Å². The van der Waals surface area contributed by atoms with Gasteiger partial charge in [-0.3, -0.25) is 4.79 Å². The molecular weight excluding hydrogens is 493 g/mol. The van der Waals surface area contributed by atoms with Crippen molar-refractivity contribution in [3.63, 3.8) is 0 Å². The highest BCUT2D eigenvalue weighted by atomic mass is 35.5. The summed E-state index contributed by atoms with van der Waals surface area (Å²) in [6.45, 7) is 7.68. The molecule has 0 unspecified atom stereocenters. The van der Waals surface area contributed by atoms with Crippen molar-refractivity contribution in [2.24, 2.45) is 0 Å². The van der Waals surface area contributed by atoms with Crippen molar-refractivity contribution in [1.82, 2.24) is 0 Å².